The van der Waals surface area contributed by atoms with E-state index in [2.05, 4.69) is 10.6 Å². The first-order chi connectivity index (χ1) is 12.4. The second-order valence-corrected chi connectivity index (χ2v) is 6.09. The molecular formula is C19H21ClN2O4. The molecule has 0 saturated carbocycles. The van der Waals surface area contributed by atoms with Gasteiger partial charge in [-0.1, -0.05) is 23.7 Å². The topological polar surface area (TPSA) is 87.7 Å². The van der Waals surface area contributed by atoms with E-state index in [0.29, 0.717) is 28.8 Å². The molecule has 0 radical (unpaired) electrons. The van der Waals surface area contributed by atoms with Crippen molar-refractivity contribution in [3.05, 3.63) is 53.1 Å². The summed E-state index contributed by atoms with van der Waals surface area (Å²) in [6.45, 7) is 3.68. The molecular weight excluding hydrogens is 356 g/mol. The molecule has 0 aromatic heterocycles. The third-order valence-electron chi connectivity index (χ3n) is 3.49. The molecule has 0 aliphatic carbocycles. The van der Waals surface area contributed by atoms with Gasteiger partial charge in [0.1, 0.15) is 11.9 Å². The quantitative estimate of drug-likeness (QED) is 0.692. The normalized spacial score (nSPS) is 11.5. The summed E-state index contributed by atoms with van der Waals surface area (Å²) in [5, 5.41) is 15.3. The van der Waals surface area contributed by atoms with Crippen LogP contribution in [0.2, 0.25) is 5.02 Å². The van der Waals surface area contributed by atoms with Gasteiger partial charge in [0.05, 0.1) is 24.4 Å². The van der Waals surface area contributed by atoms with Crippen molar-refractivity contribution in [1.29, 1.82) is 0 Å². The van der Waals surface area contributed by atoms with Crippen molar-refractivity contribution >= 4 is 34.8 Å². The number of halogens is 1. The molecule has 0 aliphatic rings. The Morgan fingerprint density at radius 3 is 2.42 bits per heavy atom. The molecule has 2 amide bonds. The first-order valence-corrected chi connectivity index (χ1v) is 8.57. The molecule has 2 aromatic rings. The standard InChI is InChI=1S/C19H21ClN2O4/c1-3-26-15-8-9-16(22-19(25)12(2)23)17(11-15)21-18(24)10-13-4-6-14(20)7-5-13/h4-9,11-12,23H,3,10H2,1-2H3,(H,21,24)(H,22,25). The van der Waals surface area contributed by atoms with Crippen LogP contribution in [0.4, 0.5) is 11.4 Å². The zero-order valence-electron chi connectivity index (χ0n) is 14.6. The number of hydrogen-bond acceptors (Lipinski definition) is 4. The summed E-state index contributed by atoms with van der Waals surface area (Å²) in [7, 11) is 0. The van der Waals surface area contributed by atoms with E-state index >= 15 is 0 Å². The maximum atomic E-state index is 12.4. The first-order valence-electron chi connectivity index (χ1n) is 8.19. The molecule has 1 unspecified atom stereocenters. The van der Waals surface area contributed by atoms with Gasteiger partial charge in [0.15, 0.2) is 0 Å². The van der Waals surface area contributed by atoms with Gasteiger partial charge >= 0.3 is 0 Å². The molecule has 2 aromatic carbocycles. The predicted molar refractivity (Wildman–Crippen MR) is 102 cm³/mol. The lowest BCUT2D eigenvalue weighted by atomic mass is 10.1. The van der Waals surface area contributed by atoms with Gasteiger partial charge in [-0.2, -0.15) is 0 Å². The van der Waals surface area contributed by atoms with Crippen LogP contribution >= 0.6 is 11.6 Å². The highest BCUT2D eigenvalue weighted by Crippen LogP contribution is 2.28. The van der Waals surface area contributed by atoms with E-state index < -0.39 is 12.0 Å². The van der Waals surface area contributed by atoms with Gasteiger partial charge < -0.3 is 20.5 Å². The second kappa shape index (κ2) is 9.22. The molecule has 138 valence electrons. The summed E-state index contributed by atoms with van der Waals surface area (Å²) in [4.78, 5) is 24.1. The van der Waals surface area contributed by atoms with E-state index in [1.807, 2.05) is 6.92 Å². The summed E-state index contributed by atoms with van der Waals surface area (Å²) >= 11 is 5.84. The Morgan fingerprint density at radius 2 is 1.81 bits per heavy atom. The Kier molecular flexibility index (Phi) is 7.00. The third kappa shape index (κ3) is 5.75. The lowest BCUT2D eigenvalue weighted by molar-refractivity contribution is -0.123. The Balaban J connectivity index is 2.17. The Bertz CT molecular complexity index is 776. The van der Waals surface area contributed by atoms with E-state index in [1.165, 1.54) is 6.92 Å². The summed E-state index contributed by atoms with van der Waals surface area (Å²) in [5.74, 6) is -0.264. The molecule has 0 spiro atoms. The van der Waals surface area contributed by atoms with E-state index in [4.69, 9.17) is 16.3 Å². The van der Waals surface area contributed by atoms with Crippen LogP contribution in [0.1, 0.15) is 19.4 Å². The zero-order chi connectivity index (χ0) is 19.1. The molecule has 0 bridgehead atoms. The Morgan fingerprint density at radius 1 is 1.12 bits per heavy atom. The van der Waals surface area contributed by atoms with Crippen molar-refractivity contribution in [2.75, 3.05) is 17.2 Å². The van der Waals surface area contributed by atoms with Gasteiger partial charge in [0.2, 0.25) is 5.91 Å². The van der Waals surface area contributed by atoms with Gasteiger partial charge in [0.25, 0.3) is 5.91 Å². The van der Waals surface area contributed by atoms with E-state index in [9.17, 15) is 14.7 Å². The van der Waals surface area contributed by atoms with E-state index in [-0.39, 0.29) is 12.3 Å². The highest BCUT2D eigenvalue weighted by molar-refractivity contribution is 6.30. The molecule has 0 heterocycles. The number of anilines is 2. The SMILES string of the molecule is CCOc1ccc(NC(=O)C(C)O)c(NC(=O)Cc2ccc(Cl)cc2)c1. The average molecular weight is 377 g/mol. The van der Waals surface area contributed by atoms with Crippen molar-refractivity contribution in [1.82, 2.24) is 0 Å². The fourth-order valence-electron chi connectivity index (χ4n) is 2.21. The highest BCUT2D eigenvalue weighted by Gasteiger charge is 2.14. The summed E-state index contributed by atoms with van der Waals surface area (Å²) in [6, 6.07) is 11.9. The molecule has 1 atom stereocenters. The molecule has 0 fully saturated rings. The number of ether oxygens (including phenoxy) is 1. The number of carbonyl (C=O) groups excluding carboxylic acids is 2. The molecule has 26 heavy (non-hydrogen) atoms. The highest BCUT2D eigenvalue weighted by atomic mass is 35.5. The molecule has 2 rings (SSSR count). The van der Waals surface area contributed by atoms with Crippen molar-refractivity contribution in [2.45, 2.75) is 26.4 Å². The number of aliphatic hydroxyl groups excluding tert-OH is 1. The molecule has 6 nitrogen and oxygen atoms in total. The summed E-state index contributed by atoms with van der Waals surface area (Å²) in [6.07, 6.45) is -1.01. The number of aliphatic hydroxyl groups is 1. The van der Waals surface area contributed by atoms with Crippen molar-refractivity contribution in [3.8, 4) is 5.75 Å². The monoisotopic (exact) mass is 376 g/mol. The maximum Gasteiger partial charge on any atom is 0.252 e. The Hall–Kier alpha value is -2.57. The minimum absolute atomic E-state index is 0.153. The molecule has 0 saturated heterocycles. The van der Waals surface area contributed by atoms with Crippen LogP contribution in [-0.2, 0) is 16.0 Å². The number of rotatable bonds is 7. The van der Waals surface area contributed by atoms with E-state index in [1.54, 1.807) is 42.5 Å². The van der Waals surface area contributed by atoms with Crippen molar-refractivity contribution in [2.24, 2.45) is 0 Å². The van der Waals surface area contributed by atoms with Crippen LogP contribution in [0, 0.1) is 0 Å². The summed E-state index contributed by atoms with van der Waals surface area (Å²) in [5.41, 5.74) is 1.58. The Labute approximate surface area is 157 Å². The molecule has 0 aliphatic heterocycles. The van der Waals surface area contributed by atoms with Crippen LogP contribution in [0.5, 0.6) is 5.75 Å². The van der Waals surface area contributed by atoms with Crippen molar-refractivity contribution in [3.63, 3.8) is 0 Å². The number of hydrogen-bond donors (Lipinski definition) is 3. The largest absolute Gasteiger partial charge is 0.494 e. The van der Waals surface area contributed by atoms with Crippen LogP contribution in [0.15, 0.2) is 42.5 Å². The maximum absolute atomic E-state index is 12.4. The molecule has 3 N–H and O–H groups in total. The van der Waals surface area contributed by atoms with Gasteiger partial charge in [-0.25, -0.2) is 0 Å². The fraction of sp³-hybridized carbons (Fsp3) is 0.263. The summed E-state index contributed by atoms with van der Waals surface area (Å²) < 4.78 is 5.44. The zero-order valence-corrected chi connectivity index (χ0v) is 15.3. The number of amides is 2. The van der Waals surface area contributed by atoms with Crippen LogP contribution in [0.25, 0.3) is 0 Å². The minimum atomic E-state index is -1.17. The lowest BCUT2D eigenvalue weighted by Crippen LogP contribution is -2.25. The van der Waals surface area contributed by atoms with Crippen LogP contribution in [0.3, 0.4) is 0 Å². The fourth-order valence-corrected chi connectivity index (χ4v) is 2.34. The minimum Gasteiger partial charge on any atom is -0.494 e. The van der Waals surface area contributed by atoms with Gasteiger partial charge in [0, 0.05) is 11.1 Å². The van der Waals surface area contributed by atoms with Crippen LogP contribution < -0.4 is 15.4 Å². The smallest absolute Gasteiger partial charge is 0.252 e. The number of carbonyl (C=O) groups is 2. The number of nitrogens with one attached hydrogen (secondary N) is 2. The second-order valence-electron chi connectivity index (χ2n) is 5.66. The first kappa shape index (κ1) is 19.8. The van der Waals surface area contributed by atoms with Gasteiger partial charge in [-0.15, -0.1) is 0 Å². The lowest BCUT2D eigenvalue weighted by Gasteiger charge is -2.15. The third-order valence-corrected chi connectivity index (χ3v) is 3.74. The average Bonchev–Trinajstić information content (AvgIpc) is 2.59. The molecule has 7 heteroatoms. The van der Waals surface area contributed by atoms with Crippen molar-refractivity contribution < 1.29 is 19.4 Å². The van der Waals surface area contributed by atoms with Gasteiger partial charge in [-0.05, 0) is 43.7 Å². The van der Waals surface area contributed by atoms with Crippen LogP contribution in [-0.4, -0.2) is 29.6 Å². The van der Waals surface area contributed by atoms with Gasteiger partial charge in [-0.3, -0.25) is 9.59 Å². The number of benzene rings is 2. The predicted octanol–water partition coefficient (Wildman–Crippen LogP) is 3.24. The van der Waals surface area contributed by atoms with E-state index in [0.717, 1.165) is 5.56 Å².